The number of amides is 2. The Hall–Kier alpha value is -2.45. The van der Waals surface area contributed by atoms with Crippen LogP contribution in [0.25, 0.3) is 0 Å². The summed E-state index contributed by atoms with van der Waals surface area (Å²) in [6, 6.07) is 9.03. The lowest BCUT2D eigenvalue weighted by atomic mass is 10.1. The Balaban J connectivity index is 1.72. The minimum Gasteiger partial charge on any atom is -0.484 e. The van der Waals surface area contributed by atoms with Gasteiger partial charge in [-0.15, -0.1) is 11.3 Å². The summed E-state index contributed by atoms with van der Waals surface area (Å²) in [5.74, 6) is -0.137. The number of carbonyl (C=O) groups excluding carboxylic acids is 2. The Kier molecular flexibility index (Phi) is 6.28. The average molecular weight is 363 g/mol. The molecule has 0 radical (unpaired) electrons. The minimum atomic E-state index is -0.420. The SMILES string of the molecule is Cc1ccc(OCC(=O)NC(=S)NNC(=O)c2cccs2)cc1C. The molecule has 0 aliphatic rings. The summed E-state index contributed by atoms with van der Waals surface area (Å²) in [6.45, 7) is 3.79. The van der Waals surface area contributed by atoms with E-state index in [-0.39, 0.29) is 17.6 Å². The van der Waals surface area contributed by atoms with Crippen LogP contribution < -0.4 is 20.9 Å². The van der Waals surface area contributed by atoms with Crippen molar-refractivity contribution in [1.82, 2.24) is 16.2 Å². The summed E-state index contributed by atoms with van der Waals surface area (Å²) in [4.78, 5) is 24.0. The van der Waals surface area contributed by atoms with Gasteiger partial charge in [-0.05, 0) is 60.8 Å². The van der Waals surface area contributed by atoms with Crippen LogP contribution in [-0.4, -0.2) is 23.5 Å². The molecular formula is C16H17N3O3S2. The second kappa shape index (κ2) is 8.42. The Morgan fingerprint density at radius 2 is 1.96 bits per heavy atom. The Morgan fingerprint density at radius 1 is 1.17 bits per heavy atom. The van der Waals surface area contributed by atoms with Crippen LogP contribution in [0.1, 0.15) is 20.8 Å². The van der Waals surface area contributed by atoms with Crippen LogP contribution in [-0.2, 0) is 4.79 Å². The van der Waals surface area contributed by atoms with Crippen molar-refractivity contribution >= 4 is 40.5 Å². The molecule has 24 heavy (non-hydrogen) atoms. The first-order chi connectivity index (χ1) is 11.5. The number of aryl methyl sites for hydroxylation is 2. The second-order valence-corrected chi connectivity index (χ2v) is 6.32. The fourth-order valence-corrected chi connectivity index (χ4v) is 2.51. The maximum atomic E-state index is 11.8. The predicted octanol–water partition coefficient (Wildman–Crippen LogP) is 2.08. The normalized spacial score (nSPS) is 9.92. The van der Waals surface area contributed by atoms with Crippen molar-refractivity contribution in [2.75, 3.05) is 6.61 Å². The van der Waals surface area contributed by atoms with E-state index in [1.165, 1.54) is 11.3 Å². The molecule has 0 aliphatic carbocycles. The highest BCUT2D eigenvalue weighted by molar-refractivity contribution is 7.80. The van der Waals surface area contributed by atoms with Gasteiger partial charge in [-0.2, -0.15) is 0 Å². The summed E-state index contributed by atoms with van der Waals surface area (Å²) in [6.07, 6.45) is 0. The van der Waals surface area contributed by atoms with Crippen LogP contribution in [0.3, 0.4) is 0 Å². The van der Waals surface area contributed by atoms with Gasteiger partial charge in [-0.3, -0.25) is 25.8 Å². The zero-order valence-corrected chi connectivity index (χ0v) is 14.8. The van der Waals surface area contributed by atoms with Gasteiger partial charge in [0.1, 0.15) is 5.75 Å². The first-order valence-electron chi connectivity index (χ1n) is 7.09. The molecule has 0 atom stereocenters. The van der Waals surface area contributed by atoms with Crippen LogP contribution in [0.5, 0.6) is 5.75 Å². The number of hydrazine groups is 1. The second-order valence-electron chi connectivity index (χ2n) is 4.97. The number of hydrogen-bond acceptors (Lipinski definition) is 5. The molecule has 1 heterocycles. The number of hydrogen-bond donors (Lipinski definition) is 3. The van der Waals surface area contributed by atoms with Crippen molar-refractivity contribution in [1.29, 1.82) is 0 Å². The van der Waals surface area contributed by atoms with E-state index in [0.717, 1.165) is 11.1 Å². The maximum absolute atomic E-state index is 11.8. The molecule has 3 N–H and O–H groups in total. The molecule has 6 nitrogen and oxygen atoms in total. The van der Waals surface area contributed by atoms with Crippen molar-refractivity contribution in [3.63, 3.8) is 0 Å². The summed E-state index contributed by atoms with van der Waals surface area (Å²) in [5, 5.41) is 4.21. The zero-order valence-electron chi connectivity index (χ0n) is 13.2. The van der Waals surface area contributed by atoms with Crippen LogP contribution in [0, 0.1) is 13.8 Å². The van der Waals surface area contributed by atoms with E-state index in [1.54, 1.807) is 23.6 Å². The summed E-state index contributed by atoms with van der Waals surface area (Å²) >= 11 is 6.24. The molecule has 8 heteroatoms. The van der Waals surface area contributed by atoms with Crippen LogP contribution in [0.2, 0.25) is 0 Å². The average Bonchev–Trinajstić information content (AvgIpc) is 3.08. The van der Waals surface area contributed by atoms with Gasteiger partial charge in [0, 0.05) is 0 Å². The van der Waals surface area contributed by atoms with Gasteiger partial charge < -0.3 is 4.74 Å². The smallest absolute Gasteiger partial charge is 0.279 e. The van der Waals surface area contributed by atoms with E-state index in [0.29, 0.717) is 10.6 Å². The monoisotopic (exact) mass is 363 g/mol. The molecule has 1 aromatic heterocycles. The van der Waals surface area contributed by atoms with Crippen molar-refractivity contribution in [3.05, 3.63) is 51.7 Å². The highest BCUT2D eigenvalue weighted by Crippen LogP contribution is 2.16. The molecular weight excluding hydrogens is 346 g/mol. The van der Waals surface area contributed by atoms with Crippen molar-refractivity contribution in [2.45, 2.75) is 13.8 Å². The van der Waals surface area contributed by atoms with E-state index < -0.39 is 5.91 Å². The Bertz CT molecular complexity index is 745. The van der Waals surface area contributed by atoms with E-state index in [2.05, 4.69) is 16.2 Å². The van der Waals surface area contributed by atoms with Crippen LogP contribution >= 0.6 is 23.6 Å². The number of rotatable bonds is 4. The van der Waals surface area contributed by atoms with Gasteiger partial charge in [-0.1, -0.05) is 12.1 Å². The molecule has 0 bridgehead atoms. The summed E-state index contributed by atoms with van der Waals surface area (Å²) in [7, 11) is 0. The molecule has 0 spiro atoms. The molecule has 0 fully saturated rings. The zero-order chi connectivity index (χ0) is 17.5. The van der Waals surface area contributed by atoms with Gasteiger partial charge >= 0.3 is 0 Å². The predicted molar refractivity (Wildman–Crippen MR) is 97.1 cm³/mol. The van der Waals surface area contributed by atoms with Gasteiger partial charge in [0.15, 0.2) is 11.7 Å². The number of thiophene rings is 1. The molecule has 2 rings (SSSR count). The van der Waals surface area contributed by atoms with Crippen molar-refractivity contribution in [3.8, 4) is 5.75 Å². The van der Waals surface area contributed by atoms with Crippen molar-refractivity contribution < 1.29 is 14.3 Å². The lowest BCUT2D eigenvalue weighted by molar-refractivity contribution is -0.121. The van der Waals surface area contributed by atoms with E-state index in [1.807, 2.05) is 26.0 Å². The summed E-state index contributed by atoms with van der Waals surface area (Å²) < 4.78 is 5.40. The lowest BCUT2D eigenvalue weighted by Gasteiger charge is -2.11. The Labute approximate surface area is 149 Å². The van der Waals surface area contributed by atoms with Crippen molar-refractivity contribution in [2.24, 2.45) is 0 Å². The molecule has 2 amide bonds. The largest absolute Gasteiger partial charge is 0.484 e. The van der Waals surface area contributed by atoms with E-state index in [4.69, 9.17) is 17.0 Å². The number of thiocarbonyl (C=S) groups is 1. The first-order valence-corrected chi connectivity index (χ1v) is 8.38. The highest BCUT2D eigenvalue weighted by Gasteiger charge is 2.09. The molecule has 1 aromatic carbocycles. The van der Waals surface area contributed by atoms with Crippen LogP contribution in [0.15, 0.2) is 35.7 Å². The van der Waals surface area contributed by atoms with Gasteiger partial charge in [0.25, 0.3) is 11.8 Å². The molecule has 2 aromatic rings. The fourth-order valence-electron chi connectivity index (χ4n) is 1.73. The first kappa shape index (κ1) is 17.9. The molecule has 0 unspecified atom stereocenters. The molecule has 126 valence electrons. The topological polar surface area (TPSA) is 79.5 Å². The third-order valence-electron chi connectivity index (χ3n) is 3.14. The summed E-state index contributed by atoms with van der Waals surface area (Å²) in [5.41, 5.74) is 7.11. The molecule has 0 saturated carbocycles. The standard InChI is InChI=1S/C16H17N3O3S2/c1-10-5-6-12(8-11(10)2)22-9-14(20)17-16(23)19-18-15(21)13-4-3-7-24-13/h3-8H,9H2,1-2H3,(H,18,21)(H2,17,19,20,23). The quantitative estimate of drug-likeness (QED) is 0.573. The highest BCUT2D eigenvalue weighted by atomic mass is 32.1. The van der Waals surface area contributed by atoms with E-state index in [9.17, 15) is 9.59 Å². The number of carbonyl (C=O) groups is 2. The lowest BCUT2D eigenvalue weighted by Crippen LogP contribution is -2.49. The minimum absolute atomic E-state index is 0.00593. The Morgan fingerprint density at radius 3 is 2.62 bits per heavy atom. The fraction of sp³-hybridized carbons (Fsp3) is 0.188. The third kappa shape index (κ3) is 5.32. The van der Waals surface area contributed by atoms with Crippen LogP contribution in [0.4, 0.5) is 0 Å². The molecule has 0 aliphatic heterocycles. The maximum Gasteiger partial charge on any atom is 0.279 e. The van der Waals surface area contributed by atoms with Gasteiger partial charge in [-0.25, -0.2) is 0 Å². The van der Waals surface area contributed by atoms with Gasteiger partial charge in [0.05, 0.1) is 4.88 Å². The van der Waals surface area contributed by atoms with E-state index >= 15 is 0 Å². The number of ether oxygens (including phenoxy) is 1. The number of benzene rings is 1. The molecule has 0 saturated heterocycles. The van der Waals surface area contributed by atoms with Gasteiger partial charge in [0.2, 0.25) is 0 Å². The third-order valence-corrected chi connectivity index (χ3v) is 4.21. The number of nitrogens with one attached hydrogen (secondary N) is 3.